The summed E-state index contributed by atoms with van der Waals surface area (Å²) in [6.07, 6.45) is 6.35. The third kappa shape index (κ3) is 3.04. The highest BCUT2D eigenvalue weighted by atomic mass is 16.5. The average Bonchev–Trinajstić information content (AvgIpc) is 3.55. The third-order valence-electron chi connectivity index (χ3n) is 8.02. The highest BCUT2D eigenvalue weighted by Crippen LogP contribution is 2.63. The average molecular weight is 403 g/mol. The number of carbonyl (C=O) groups is 1. The van der Waals surface area contributed by atoms with Gasteiger partial charge in [-0.2, -0.15) is 0 Å². The lowest BCUT2D eigenvalue weighted by Gasteiger charge is -2.43. The molecule has 2 aromatic carbocycles. The lowest BCUT2D eigenvalue weighted by atomic mass is 9.68. The van der Waals surface area contributed by atoms with Crippen molar-refractivity contribution in [2.24, 2.45) is 17.8 Å². The molecule has 2 aromatic rings. The van der Waals surface area contributed by atoms with Crippen LogP contribution in [0.4, 0.5) is 5.69 Å². The molecule has 1 saturated heterocycles. The fraction of sp³-hybridized carbons (Fsp3) is 0.500. The minimum Gasteiger partial charge on any atom is -0.378 e. The zero-order valence-corrected chi connectivity index (χ0v) is 17.3. The molecular weight excluding hydrogens is 372 g/mol. The van der Waals surface area contributed by atoms with E-state index in [0.29, 0.717) is 24.4 Å². The second-order valence-electron chi connectivity index (χ2n) is 9.62. The smallest absolute Gasteiger partial charge is 0.251 e. The van der Waals surface area contributed by atoms with Gasteiger partial charge in [0.1, 0.15) is 0 Å². The van der Waals surface area contributed by atoms with Crippen LogP contribution in [0, 0.1) is 17.8 Å². The lowest BCUT2D eigenvalue weighted by molar-refractivity contribution is 0.0857. The molecule has 0 aromatic heterocycles. The molecule has 30 heavy (non-hydrogen) atoms. The first kappa shape index (κ1) is 18.4. The molecule has 1 amide bonds. The van der Waals surface area contributed by atoms with E-state index in [2.05, 4.69) is 53.1 Å². The summed E-state index contributed by atoms with van der Waals surface area (Å²) in [7, 11) is 0. The van der Waals surface area contributed by atoms with E-state index in [1.54, 1.807) is 0 Å². The van der Waals surface area contributed by atoms with Gasteiger partial charge >= 0.3 is 0 Å². The highest BCUT2D eigenvalue weighted by Gasteiger charge is 2.53. The Labute approximate surface area is 178 Å². The highest BCUT2D eigenvalue weighted by molar-refractivity contribution is 5.95. The summed E-state index contributed by atoms with van der Waals surface area (Å²) in [5, 5.41) is 6.95. The molecule has 2 aliphatic heterocycles. The molecule has 2 heterocycles. The first-order valence-corrected chi connectivity index (χ1v) is 11.6. The van der Waals surface area contributed by atoms with Gasteiger partial charge in [-0.1, -0.05) is 30.3 Å². The quantitative estimate of drug-likeness (QED) is 0.765. The van der Waals surface area contributed by atoms with Gasteiger partial charge in [-0.25, -0.2) is 0 Å². The number of amides is 1. The molecule has 6 atom stereocenters. The van der Waals surface area contributed by atoms with Crippen molar-refractivity contribution in [2.75, 3.05) is 18.5 Å². The minimum atomic E-state index is 0.0261. The number of hydrogen-bond acceptors (Lipinski definition) is 3. The minimum absolute atomic E-state index is 0.0261. The molecular formula is C26H30N2O2. The predicted octanol–water partition coefficient (Wildman–Crippen LogP) is 4.89. The van der Waals surface area contributed by atoms with Crippen LogP contribution >= 0.6 is 0 Å². The van der Waals surface area contributed by atoms with Crippen LogP contribution in [0.2, 0.25) is 0 Å². The first-order chi connectivity index (χ1) is 14.8. The summed E-state index contributed by atoms with van der Waals surface area (Å²) in [5.74, 6) is 2.78. The van der Waals surface area contributed by atoms with Gasteiger partial charge in [0.05, 0.1) is 12.1 Å². The van der Waals surface area contributed by atoms with E-state index in [-0.39, 0.29) is 12.0 Å². The van der Waals surface area contributed by atoms with Crippen molar-refractivity contribution >= 4 is 11.6 Å². The van der Waals surface area contributed by atoms with Crippen molar-refractivity contribution in [2.45, 2.75) is 50.2 Å². The first-order valence-electron chi connectivity index (χ1n) is 11.6. The van der Waals surface area contributed by atoms with Gasteiger partial charge in [-0.3, -0.25) is 4.79 Å². The maximum atomic E-state index is 12.8. The summed E-state index contributed by atoms with van der Waals surface area (Å²) < 4.78 is 5.65. The molecule has 2 aliphatic carbocycles. The van der Waals surface area contributed by atoms with Crippen molar-refractivity contribution in [1.82, 2.24) is 5.32 Å². The number of hydrogen-bond donors (Lipinski definition) is 2. The van der Waals surface area contributed by atoms with Crippen molar-refractivity contribution in [3.63, 3.8) is 0 Å². The third-order valence-corrected chi connectivity index (χ3v) is 8.02. The molecule has 156 valence electrons. The Balaban J connectivity index is 1.29. The van der Waals surface area contributed by atoms with E-state index in [9.17, 15) is 4.79 Å². The topological polar surface area (TPSA) is 50.4 Å². The van der Waals surface area contributed by atoms with E-state index >= 15 is 0 Å². The van der Waals surface area contributed by atoms with Gasteiger partial charge in [0, 0.05) is 24.4 Å². The maximum Gasteiger partial charge on any atom is 0.251 e. The largest absolute Gasteiger partial charge is 0.378 e. The fourth-order valence-electron chi connectivity index (χ4n) is 6.73. The zero-order chi connectivity index (χ0) is 20.1. The van der Waals surface area contributed by atoms with Crippen LogP contribution in [-0.4, -0.2) is 25.2 Å². The Kier molecular flexibility index (Phi) is 4.56. The van der Waals surface area contributed by atoms with Crippen LogP contribution in [0.3, 0.4) is 0 Å². The number of rotatable bonds is 4. The van der Waals surface area contributed by atoms with Crippen LogP contribution in [0.5, 0.6) is 0 Å². The van der Waals surface area contributed by atoms with Gasteiger partial charge < -0.3 is 15.4 Å². The van der Waals surface area contributed by atoms with Gasteiger partial charge in [0.2, 0.25) is 0 Å². The van der Waals surface area contributed by atoms with Gasteiger partial charge in [-0.15, -0.1) is 0 Å². The van der Waals surface area contributed by atoms with Gasteiger partial charge in [-0.05, 0) is 85.1 Å². The SMILES string of the molecule is O=C(NC[C@H]1CCCO1)c1ccc2c(c1)[C@@H]1[C@H]3CC[C@H](C3)[C@@H]1[C@@H](c1ccccc1)N2. The number of ether oxygens (including phenoxy) is 1. The molecule has 2 N–H and O–H groups in total. The van der Waals surface area contributed by atoms with Crippen molar-refractivity contribution in [3.05, 3.63) is 65.2 Å². The fourth-order valence-corrected chi connectivity index (χ4v) is 6.73. The number of nitrogens with one attached hydrogen (secondary N) is 2. The predicted molar refractivity (Wildman–Crippen MR) is 118 cm³/mol. The van der Waals surface area contributed by atoms with Crippen LogP contribution in [0.15, 0.2) is 48.5 Å². The van der Waals surface area contributed by atoms with Crippen LogP contribution in [0.1, 0.15) is 65.5 Å². The molecule has 4 nitrogen and oxygen atoms in total. The Morgan fingerprint density at radius 2 is 1.93 bits per heavy atom. The molecule has 2 bridgehead atoms. The van der Waals surface area contributed by atoms with Crippen LogP contribution in [0.25, 0.3) is 0 Å². The maximum absolute atomic E-state index is 12.8. The van der Waals surface area contributed by atoms with E-state index < -0.39 is 0 Å². The Hall–Kier alpha value is -2.33. The lowest BCUT2D eigenvalue weighted by Crippen LogP contribution is -2.36. The van der Waals surface area contributed by atoms with E-state index in [0.717, 1.165) is 36.8 Å². The molecule has 4 heteroatoms. The summed E-state index contributed by atoms with van der Waals surface area (Å²) in [5.41, 5.74) is 4.76. The molecule has 0 unspecified atom stereocenters. The normalized spacial score (nSPS) is 33.6. The Morgan fingerprint density at radius 1 is 1.07 bits per heavy atom. The van der Waals surface area contributed by atoms with Crippen LogP contribution < -0.4 is 10.6 Å². The molecule has 6 rings (SSSR count). The number of anilines is 1. The standard InChI is InChI=1S/C26H30N2O2/c29-26(27-15-20-7-4-12-30-20)19-10-11-22-21(14-19)23-17-8-9-18(13-17)24(23)25(28-22)16-5-2-1-3-6-16/h1-3,5-6,10-11,14,17-18,20,23-25,28H,4,7-9,12-13,15H2,(H,27,29)/t17-,18+,20+,23-,24-,25+/m0/s1. The molecule has 0 spiro atoms. The van der Waals surface area contributed by atoms with E-state index in [1.807, 2.05) is 6.07 Å². The summed E-state index contributed by atoms with van der Waals surface area (Å²) in [6.45, 7) is 1.43. The summed E-state index contributed by atoms with van der Waals surface area (Å²) >= 11 is 0. The summed E-state index contributed by atoms with van der Waals surface area (Å²) in [4.78, 5) is 12.8. The number of benzene rings is 2. The van der Waals surface area contributed by atoms with Crippen LogP contribution in [-0.2, 0) is 4.74 Å². The van der Waals surface area contributed by atoms with Gasteiger partial charge in [0.25, 0.3) is 5.91 Å². The molecule has 4 aliphatic rings. The monoisotopic (exact) mass is 402 g/mol. The van der Waals surface area contributed by atoms with Crippen molar-refractivity contribution in [1.29, 1.82) is 0 Å². The Bertz CT molecular complexity index is 937. The van der Waals surface area contributed by atoms with E-state index in [1.165, 1.54) is 36.1 Å². The van der Waals surface area contributed by atoms with Crippen molar-refractivity contribution in [3.8, 4) is 0 Å². The Morgan fingerprint density at radius 3 is 2.77 bits per heavy atom. The molecule has 2 saturated carbocycles. The number of carbonyl (C=O) groups excluding carboxylic acids is 1. The molecule has 0 radical (unpaired) electrons. The second-order valence-corrected chi connectivity index (χ2v) is 9.62. The van der Waals surface area contributed by atoms with Crippen molar-refractivity contribution < 1.29 is 9.53 Å². The second kappa shape index (κ2) is 7.42. The number of fused-ring (bicyclic) bond motifs is 7. The zero-order valence-electron chi connectivity index (χ0n) is 17.3. The van der Waals surface area contributed by atoms with E-state index in [4.69, 9.17) is 4.74 Å². The molecule has 3 fully saturated rings. The van der Waals surface area contributed by atoms with Gasteiger partial charge in [0.15, 0.2) is 0 Å². The summed E-state index contributed by atoms with van der Waals surface area (Å²) in [6, 6.07) is 17.6.